The maximum absolute atomic E-state index is 12.8. The first-order chi connectivity index (χ1) is 13.1. The molecule has 1 aromatic heterocycles. The second-order valence-electron chi connectivity index (χ2n) is 7.27. The molecule has 0 unspecified atom stereocenters. The smallest absolute Gasteiger partial charge is 0.272 e. The van der Waals surface area contributed by atoms with Crippen LogP contribution in [-0.4, -0.2) is 45.6 Å². The van der Waals surface area contributed by atoms with Gasteiger partial charge in [-0.2, -0.15) is 5.10 Å². The number of aromatic nitrogens is 2. The minimum atomic E-state index is -0.146. The number of hydrogen-bond donors (Lipinski definition) is 1. The van der Waals surface area contributed by atoms with Gasteiger partial charge in [0.15, 0.2) is 0 Å². The number of amides is 2. The third-order valence-electron chi connectivity index (χ3n) is 5.31. The number of carbonyl (C=O) groups excluding carboxylic acids is 2. The molecule has 6 nitrogen and oxygen atoms in total. The molecule has 2 amide bonds. The largest absolute Gasteiger partial charge is 0.352 e. The van der Waals surface area contributed by atoms with E-state index in [1.54, 1.807) is 27.8 Å². The highest BCUT2D eigenvalue weighted by Crippen LogP contribution is 2.24. The molecule has 1 aliphatic carbocycles. The summed E-state index contributed by atoms with van der Waals surface area (Å²) in [6, 6.07) is 9.43. The van der Waals surface area contributed by atoms with Gasteiger partial charge in [0, 0.05) is 23.2 Å². The maximum Gasteiger partial charge on any atom is 0.272 e. The van der Waals surface area contributed by atoms with Crippen LogP contribution < -0.4 is 5.32 Å². The molecule has 0 saturated heterocycles. The van der Waals surface area contributed by atoms with E-state index in [1.165, 1.54) is 19.3 Å². The molecule has 7 heteroatoms. The molecule has 4 rings (SSSR count). The van der Waals surface area contributed by atoms with Crippen LogP contribution in [0.4, 0.5) is 0 Å². The molecular weight excluding hydrogens is 364 g/mol. The van der Waals surface area contributed by atoms with Gasteiger partial charge in [0.1, 0.15) is 5.69 Å². The molecule has 2 aliphatic rings. The van der Waals surface area contributed by atoms with Crippen molar-refractivity contribution in [3.63, 3.8) is 0 Å². The summed E-state index contributed by atoms with van der Waals surface area (Å²) in [5, 5.41) is 8.27. The van der Waals surface area contributed by atoms with E-state index in [0.717, 1.165) is 24.1 Å². The molecule has 27 heavy (non-hydrogen) atoms. The summed E-state index contributed by atoms with van der Waals surface area (Å²) in [6.45, 7) is 1.19. The second-order valence-corrected chi connectivity index (χ2v) is 7.71. The third kappa shape index (κ3) is 4.00. The Hall–Kier alpha value is -2.34. The van der Waals surface area contributed by atoms with Gasteiger partial charge in [-0.15, -0.1) is 0 Å². The quantitative estimate of drug-likeness (QED) is 0.877. The van der Waals surface area contributed by atoms with E-state index >= 15 is 0 Å². The first kappa shape index (κ1) is 18.0. The average molecular weight is 387 g/mol. The van der Waals surface area contributed by atoms with Crippen molar-refractivity contribution in [1.82, 2.24) is 20.0 Å². The van der Waals surface area contributed by atoms with Gasteiger partial charge in [0.25, 0.3) is 5.91 Å². The van der Waals surface area contributed by atoms with E-state index in [0.29, 0.717) is 23.8 Å². The number of halogens is 1. The monoisotopic (exact) mass is 386 g/mol. The Morgan fingerprint density at radius 2 is 1.89 bits per heavy atom. The van der Waals surface area contributed by atoms with E-state index in [-0.39, 0.29) is 24.4 Å². The zero-order valence-electron chi connectivity index (χ0n) is 15.2. The Balaban J connectivity index is 1.43. The molecule has 1 aliphatic heterocycles. The zero-order valence-corrected chi connectivity index (χ0v) is 15.9. The molecule has 1 N–H and O–H groups in total. The fraction of sp³-hybridized carbons (Fsp3) is 0.450. The van der Waals surface area contributed by atoms with Crippen LogP contribution in [-0.2, 0) is 11.3 Å². The van der Waals surface area contributed by atoms with Crippen molar-refractivity contribution in [2.75, 3.05) is 13.1 Å². The predicted octanol–water partition coefficient (Wildman–Crippen LogP) is 3.11. The molecule has 1 saturated carbocycles. The fourth-order valence-corrected chi connectivity index (χ4v) is 3.97. The summed E-state index contributed by atoms with van der Waals surface area (Å²) in [7, 11) is 0. The van der Waals surface area contributed by atoms with Crippen molar-refractivity contribution in [2.45, 2.75) is 44.7 Å². The Morgan fingerprint density at radius 1 is 1.15 bits per heavy atom. The highest BCUT2D eigenvalue weighted by molar-refractivity contribution is 6.30. The molecule has 0 radical (unpaired) electrons. The number of fused-ring (bicyclic) bond motifs is 1. The number of nitrogens with one attached hydrogen (secondary N) is 1. The summed E-state index contributed by atoms with van der Waals surface area (Å²) in [4.78, 5) is 26.8. The Kier molecular flexibility index (Phi) is 5.16. The lowest BCUT2D eigenvalue weighted by molar-refractivity contribution is -0.122. The minimum absolute atomic E-state index is 0.0684. The third-order valence-corrected chi connectivity index (χ3v) is 5.56. The molecule has 2 heterocycles. The highest BCUT2D eigenvalue weighted by atomic mass is 35.5. The van der Waals surface area contributed by atoms with E-state index in [1.807, 2.05) is 12.1 Å². The first-order valence-corrected chi connectivity index (χ1v) is 9.90. The van der Waals surface area contributed by atoms with E-state index in [4.69, 9.17) is 11.6 Å². The van der Waals surface area contributed by atoms with Crippen LogP contribution in [0.15, 0.2) is 30.3 Å². The number of carbonyl (C=O) groups is 2. The number of nitrogens with zero attached hydrogens (tertiary/aromatic N) is 3. The number of benzene rings is 1. The van der Waals surface area contributed by atoms with Crippen molar-refractivity contribution in [1.29, 1.82) is 0 Å². The summed E-state index contributed by atoms with van der Waals surface area (Å²) in [5.41, 5.74) is 2.18. The molecule has 2 aromatic rings. The van der Waals surface area contributed by atoms with Crippen LogP contribution in [0, 0.1) is 0 Å². The minimum Gasteiger partial charge on any atom is -0.352 e. The molecular formula is C20H23ClN4O2. The van der Waals surface area contributed by atoms with E-state index in [2.05, 4.69) is 10.4 Å². The zero-order chi connectivity index (χ0) is 18.8. The summed E-state index contributed by atoms with van der Waals surface area (Å²) < 4.78 is 1.72. The van der Waals surface area contributed by atoms with Gasteiger partial charge in [-0.25, -0.2) is 0 Å². The van der Waals surface area contributed by atoms with Crippen molar-refractivity contribution in [3.8, 4) is 11.3 Å². The number of hydrogen-bond acceptors (Lipinski definition) is 3. The second kappa shape index (κ2) is 7.72. The standard InChI is InChI=1S/C20H23ClN4O2/c21-15-8-6-14(7-9-15)17-12-18-20(27)24(10-11-25(18)23-17)13-19(26)22-16-4-2-1-3-5-16/h6-9,12,16H,1-5,10-11,13H2,(H,22,26). The van der Waals surface area contributed by atoms with Gasteiger partial charge in [-0.1, -0.05) is 43.0 Å². The van der Waals surface area contributed by atoms with Crippen LogP contribution in [0.5, 0.6) is 0 Å². The highest BCUT2D eigenvalue weighted by Gasteiger charge is 2.28. The van der Waals surface area contributed by atoms with Gasteiger partial charge < -0.3 is 10.2 Å². The Labute approximate surface area is 163 Å². The summed E-state index contributed by atoms with van der Waals surface area (Å²) in [5.74, 6) is -0.214. The Morgan fingerprint density at radius 3 is 2.63 bits per heavy atom. The average Bonchev–Trinajstić information content (AvgIpc) is 3.10. The molecule has 142 valence electrons. The molecule has 0 spiro atoms. The predicted molar refractivity (Wildman–Crippen MR) is 104 cm³/mol. The van der Waals surface area contributed by atoms with E-state index < -0.39 is 0 Å². The van der Waals surface area contributed by atoms with Gasteiger partial charge in [0.05, 0.1) is 18.8 Å². The first-order valence-electron chi connectivity index (χ1n) is 9.52. The van der Waals surface area contributed by atoms with Gasteiger partial charge >= 0.3 is 0 Å². The SMILES string of the molecule is O=C(CN1CCn2nc(-c3ccc(Cl)cc3)cc2C1=O)NC1CCCCC1. The Bertz CT molecular complexity index is 840. The van der Waals surface area contributed by atoms with Crippen molar-refractivity contribution >= 4 is 23.4 Å². The van der Waals surface area contributed by atoms with Crippen LogP contribution in [0.2, 0.25) is 5.02 Å². The van der Waals surface area contributed by atoms with Crippen LogP contribution in [0.25, 0.3) is 11.3 Å². The van der Waals surface area contributed by atoms with Gasteiger partial charge in [0.2, 0.25) is 5.91 Å². The molecule has 1 aromatic carbocycles. The van der Waals surface area contributed by atoms with E-state index in [9.17, 15) is 9.59 Å². The normalized spacial score (nSPS) is 17.7. The van der Waals surface area contributed by atoms with Crippen LogP contribution in [0.3, 0.4) is 0 Å². The van der Waals surface area contributed by atoms with Crippen molar-refractivity contribution in [2.24, 2.45) is 0 Å². The molecule has 1 fully saturated rings. The lowest BCUT2D eigenvalue weighted by atomic mass is 9.95. The molecule has 0 bridgehead atoms. The lowest BCUT2D eigenvalue weighted by Crippen LogP contribution is -2.48. The van der Waals surface area contributed by atoms with Crippen molar-refractivity contribution in [3.05, 3.63) is 41.0 Å². The lowest BCUT2D eigenvalue weighted by Gasteiger charge is -2.28. The van der Waals surface area contributed by atoms with Gasteiger partial charge in [-0.05, 0) is 31.0 Å². The van der Waals surface area contributed by atoms with Crippen molar-refractivity contribution < 1.29 is 9.59 Å². The summed E-state index contributed by atoms with van der Waals surface area (Å²) in [6.07, 6.45) is 5.66. The topological polar surface area (TPSA) is 67.2 Å². The van der Waals surface area contributed by atoms with Gasteiger partial charge in [-0.3, -0.25) is 14.3 Å². The van der Waals surface area contributed by atoms with Crippen LogP contribution in [0.1, 0.15) is 42.6 Å². The molecule has 0 atom stereocenters. The number of rotatable bonds is 4. The van der Waals surface area contributed by atoms with Crippen LogP contribution >= 0.6 is 11.6 Å². The summed E-state index contributed by atoms with van der Waals surface area (Å²) >= 11 is 5.94. The fourth-order valence-electron chi connectivity index (χ4n) is 3.84. The maximum atomic E-state index is 12.8.